The molecule has 0 unspecified atom stereocenters. The Morgan fingerprint density at radius 1 is 0.952 bits per heavy atom. The molecule has 1 aromatic carbocycles. The first kappa shape index (κ1) is 13.4. The maximum Gasteiger partial charge on any atom is 0.142 e. The Morgan fingerprint density at radius 3 is 2.62 bits per heavy atom. The summed E-state index contributed by atoms with van der Waals surface area (Å²) in [4.78, 5) is 8.10. The average molecular weight is 279 g/mol. The maximum atomic E-state index is 6.15. The number of pyridine rings is 2. The fourth-order valence-electron chi connectivity index (χ4n) is 2.31. The molecule has 0 aliphatic rings. The van der Waals surface area contributed by atoms with Crippen LogP contribution in [-0.4, -0.2) is 16.6 Å². The van der Waals surface area contributed by atoms with E-state index in [9.17, 15) is 0 Å². The largest absolute Gasteiger partial charge is 0.491 e. The van der Waals surface area contributed by atoms with Crippen molar-refractivity contribution in [3.63, 3.8) is 0 Å². The molecule has 0 bridgehead atoms. The summed E-state index contributed by atoms with van der Waals surface area (Å²) in [5, 5.41) is 2.01. The first-order valence-electron chi connectivity index (χ1n) is 6.98. The Hall–Kier alpha value is -2.62. The second kappa shape index (κ2) is 6.22. The molecule has 0 saturated heterocycles. The standard InChI is InChI=1S/C17H17N3O/c18-17-15-7-10-20-12-14(15)3-4-16(17)21-11-1-2-13-5-8-19-9-6-13/h3-10,12H,1-2,11,18H2. The number of hydrogen-bond donors (Lipinski definition) is 1. The first-order valence-corrected chi connectivity index (χ1v) is 6.98. The van der Waals surface area contributed by atoms with Crippen molar-refractivity contribution in [1.29, 1.82) is 0 Å². The van der Waals surface area contributed by atoms with Gasteiger partial charge >= 0.3 is 0 Å². The number of nitrogens with zero attached hydrogens (tertiary/aromatic N) is 2. The zero-order valence-corrected chi connectivity index (χ0v) is 11.7. The number of anilines is 1. The molecule has 106 valence electrons. The molecular formula is C17H17N3O. The number of nitrogens with two attached hydrogens (primary N) is 1. The molecule has 4 nitrogen and oxygen atoms in total. The summed E-state index contributed by atoms with van der Waals surface area (Å²) < 4.78 is 5.81. The van der Waals surface area contributed by atoms with Gasteiger partial charge in [0.25, 0.3) is 0 Å². The van der Waals surface area contributed by atoms with Crippen molar-refractivity contribution in [2.24, 2.45) is 0 Å². The highest BCUT2D eigenvalue weighted by atomic mass is 16.5. The summed E-state index contributed by atoms with van der Waals surface area (Å²) in [5.41, 5.74) is 8.10. The Kier molecular flexibility index (Phi) is 3.96. The normalized spacial score (nSPS) is 10.7. The highest BCUT2D eigenvalue weighted by molar-refractivity contribution is 5.95. The average Bonchev–Trinajstić information content (AvgIpc) is 2.55. The minimum atomic E-state index is 0.642. The van der Waals surface area contributed by atoms with Crippen LogP contribution < -0.4 is 10.5 Å². The molecule has 0 fully saturated rings. The Balaban J connectivity index is 1.62. The predicted molar refractivity (Wildman–Crippen MR) is 84.2 cm³/mol. The second-order valence-electron chi connectivity index (χ2n) is 4.88. The minimum absolute atomic E-state index is 0.642. The molecule has 4 heteroatoms. The molecule has 0 atom stereocenters. The lowest BCUT2D eigenvalue weighted by molar-refractivity contribution is 0.313. The van der Waals surface area contributed by atoms with Crippen LogP contribution in [-0.2, 0) is 6.42 Å². The van der Waals surface area contributed by atoms with Gasteiger partial charge in [0.15, 0.2) is 0 Å². The highest BCUT2D eigenvalue weighted by Gasteiger charge is 2.05. The first-order chi connectivity index (χ1) is 10.3. The molecule has 3 aromatic rings. The predicted octanol–water partition coefficient (Wildman–Crippen LogP) is 3.22. The number of hydrogen-bond acceptors (Lipinski definition) is 4. The van der Waals surface area contributed by atoms with E-state index in [1.165, 1.54) is 5.56 Å². The van der Waals surface area contributed by atoms with E-state index in [2.05, 4.69) is 9.97 Å². The number of aromatic nitrogens is 2. The van der Waals surface area contributed by atoms with Crippen molar-refractivity contribution in [1.82, 2.24) is 9.97 Å². The van der Waals surface area contributed by atoms with Crippen molar-refractivity contribution in [3.8, 4) is 5.75 Å². The Labute approximate surface area is 123 Å². The van der Waals surface area contributed by atoms with Crippen LogP contribution in [0.25, 0.3) is 10.8 Å². The van der Waals surface area contributed by atoms with Crippen LogP contribution in [0.1, 0.15) is 12.0 Å². The van der Waals surface area contributed by atoms with E-state index in [1.54, 1.807) is 12.4 Å². The van der Waals surface area contributed by atoms with Crippen molar-refractivity contribution in [2.45, 2.75) is 12.8 Å². The van der Waals surface area contributed by atoms with E-state index in [-0.39, 0.29) is 0 Å². The van der Waals surface area contributed by atoms with Crippen LogP contribution in [0.5, 0.6) is 5.75 Å². The molecule has 2 heterocycles. The van der Waals surface area contributed by atoms with Crippen molar-refractivity contribution in [2.75, 3.05) is 12.3 Å². The third-order valence-corrected chi connectivity index (χ3v) is 3.44. The van der Waals surface area contributed by atoms with Crippen LogP contribution in [0.2, 0.25) is 0 Å². The lowest BCUT2D eigenvalue weighted by atomic mass is 10.1. The lowest BCUT2D eigenvalue weighted by Crippen LogP contribution is -2.02. The maximum absolute atomic E-state index is 6.15. The number of rotatable bonds is 5. The number of nitrogen functional groups attached to an aromatic ring is 1. The van der Waals surface area contributed by atoms with Crippen LogP contribution >= 0.6 is 0 Å². The fraction of sp³-hybridized carbons (Fsp3) is 0.176. The monoisotopic (exact) mass is 279 g/mol. The Morgan fingerprint density at radius 2 is 1.76 bits per heavy atom. The summed E-state index contributed by atoms with van der Waals surface area (Å²) in [5.74, 6) is 0.739. The molecule has 0 aliphatic heterocycles. The molecule has 2 N–H and O–H groups in total. The second-order valence-corrected chi connectivity index (χ2v) is 4.88. The van der Waals surface area contributed by atoms with E-state index < -0.39 is 0 Å². The van der Waals surface area contributed by atoms with Gasteiger partial charge in [-0.2, -0.15) is 0 Å². The zero-order chi connectivity index (χ0) is 14.5. The van der Waals surface area contributed by atoms with Gasteiger partial charge in [0.2, 0.25) is 0 Å². The summed E-state index contributed by atoms with van der Waals surface area (Å²) in [6.45, 7) is 0.642. The van der Waals surface area contributed by atoms with E-state index >= 15 is 0 Å². The molecule has 0 aliphatic carbocycles. The fourth-order valence-corrected chi connectivity index (χ4v) is 2.31. The number of fused-ring (bicyclic) bond motifs is 1. The number of benzene rings is 1. The lowest BCUT2D eigenvalue weighted by Gasteiger charge is -2.11. The topological polar surface area (TPSA) is 61.0 Å². The van der Waals surface area contributed by atoms with Crippen molar-refractivity contribution >= 4 is 16.5 Å². The van der Waals surface area contributed by atoms with E-state index in [1.807, 2.05) is 42.7 Å². The molecular weight excluding hydrogens is 262 g/mol. The van der Waals surface area contributed by atoms with Gasteiger partial charge in [0, 0.05) is 35.6 Å². The van der Waals surface area contributed by atoms with Gasteiger partial charge in [0.05, 0.1) is 12.3 Å². The zero-order valence-electron chi connectivity index (χ0n) is 11.7. The van der Waals surface area contributed by atoms with Crippen LogP contribution in [0.4, 0.5) is 5.69 Å². The van der Waals surface area contributed by atoms with E-state index in [4.69, 9.17) is 10.5 Å². The van der Waals surface area contributed by atoms with Gasteiger partial charge in [0.1, 0.15) is 5.75 Å². The van der Waals surface area contributed by atoms with Crippen molar-refractivity contribution in [3.05, 3.63) is 60.7 Å². The van der Waals surface area contributed by atoms with E-state index in [0.29, 0.717) is 12.3 Å². The molecule has 0 radical (unpaired) electrons. The molecule has 21 heavy (non-hydrogen) atoms. The number of ether oxygens (including phenoxy) is 1. The van der Waals surface area contributed by atoms with Gasteiger partial charge in [-0.3, -0.25) is 9.97 Å². The van der Waals surface area contributed by atoms with Crippen LogP contribution in [0.15, 0.2) is 55.1 Å². The van der Waals surface area contributed by atoms with Gasteiger partial charge in [-0.15, -0.1) is 0 Å². The van der Waals surface area contributed by atoms with Gasteiger partial charge in [-0.05, 0) is 48.7 Å². The van der Waals surface area contributed by atoms with Gasteiger partial charge < -0.3 is 10.5 Å². The smallest absolute Gasteiger partial charge is 0.142 e. The SMILES string of the molecule is Nc1c(OCCCc2ccncc2)ccc2cnccc12. The third kappa shape index (κ3) is 3.11. The van der Waals surface area contributed by atoms with Crippen molar-refractivity contribution < 1.29 is 4.74 Å². The molecule has 0 spiro atoms. The molecule has 3 rings (SSSR count). The summed E-state index contributed by atoms with van der Waals surface area (Å²) >= 11 is 0. The van der Waals surface area contributed by atoms with Crippen LogP contribution in [0, 0.1) is 0 Å². The third-order valence-electron chi connectivity index (χ3n) is 3.44. The number of aryl methyl sites for hydroxylation is 1. The minimum Gasteiger partial charge on any atom is -0.491 e. The highest BCUT2D eigenvalue weighted by Crippen LogP contribution is 2.29. The molecule has 2 aromatic heterocycles. The summed E-state index contributed by atoms with van der Waals surface area (Å²) in [7, 11) is 0. The molecule has 0 amide bonds. The van der Waals surface area contributed by atoms with Gasteiger partial charge in [-0.25, -0.2) is 0 Å². The Bertz CT molecular complexity index is 728. The summed E-state index contributed by atoms with van der Waals surface area (Å²) in [6.07, 6.45) is 9.08. The summed E-state index contributed by atoms with van der Waals surface area (Å²) in [6, 6.07) is 9.85. The molecule has 0 saturated carbocycles. The van der Waals surface area contributed by atoms with Gasteiger partial charge in [-0.1, -0.05) is 0 Å². The van der Waals surface area contributed by atoms with E-state index in [0.717, 1.165) is 29.4 Å². The quantitative estimate of drug-likeness (QED) is 0.575. The van der Waals surface area contributed by atoms with Crippen LogP contribution in [0.3, 0.4) is 0 Å².